The second-order valence-electron chi connectivity index (χ2n) is 8.57. The van der Waals surface area contributed by atoms with E-state index in [-0.39, 0.29) is 40.6 Å². The Morgan fingerprint density at radius 2 is 1.74 bits per heavy atom. The van der Waals surface area contributed by atoms with Gasteiger partial charge in [0, 0.05) is 38.8 Å². The summed E-state index contributed by atoms with van der Waals surface area (Å²) in [6, 6.07) is 11.5. The van der Waals surface area contributed by atoms with Gasteiger partial charge in [0.05, 0.1) is 11.4 Å². The number of aromatic nitrogens is 1. The Kier molecular flexibility index (Phi) is 11.0. The molecular weight excluding hydrogens is 501 g/mol. The first-order valence-corrected chi connectivity index (χ1v) is 12.7. The van der Waals surface area contributed by atoms with E-state index in [0.717, 1.165) is 5.56 Å². The number of rotatable bonds is 9. The third-order valence-electron chi connectivity index (χ3n) is 6.08. The summed E-state index contributed by atoms with van der Waals surface area (Å²) in [5, 5.41) is 8.00. The van der Waals surface area contributed by atoms with E-state index in [0.29, 0.717) is 24.1 Å². The van der Waals surface area contributed by atoms with Crippen LogP contribution in [0.2, 0.25) is 0 Å². The SMILES string of the molecule is CC.CNC(=O)CCc1cccc(N(C=O)c2c(C(=O)NC)c(Nc3ccc(C)cc3F)n(C)c(=O)c2C)c1. The number of benzene rings is 2. The van der Waals surface area contributed by atoms with E-state index in [1.54, 1.807) is 38.2 Å². The van der Waals surface area contributed by atoms with E-state index in [1.165, 1.54) is 42.6 Å². The van der Waals surface area contributed by atoms with Gasteiger partial charge in [-0.25, -0.2) is 4.39 Å². The molecule has 0 spiro atoms. The van der Waals surface area contributed by atoms with Crippen molar-refractivity contribution in [2.75, 3.05) is 24.3 Å². The average Bonchev–Trinajstić information content (AvgIpc) is 2.95. The lowest BCUT2D eigenvalue weighted by molar-refractivity contribution is -0.120. The Morgan fingerprint density at radius 1 is 1.05 bits per heavy atom. The fourth-order valence-electron chi connectivity index (χ4n) is 4.05. The normalized spacial score (nSPS) is 10.2. The average molecular weight is 538 g/mol. The molecule has 1 aromatic heterocycles. The van der Waals surface area contributed by atoms with Gasteiger partial charge in [0.2, 0.25) is 12.3 Å². The predicted octanol–water partition coefficient (Wildman–Crippen LogP) is 4.24. The maximum atomic E-state index is 14.7. The van der Waals surface area contributed by atoms with Crippen LogP contribution < -0.4 is 26.4 Å². The predicted molar refractivity (Wildman–Crippen MR) is 153 cm³/mol. The number of amides is 3. The molecule has 10 heteroatoms. The summed E-state index contributed by atoms with van der Waals surface area (Å²) in [6.45, 7) is 7.26. The third-order valence-corrected chi connectivity index (χ3v) is 6.08. The van der Waals surface area contributed by atoms with Gasteiger partial charge in [-0.15, -0.1) is 0 Å². The number of carbonyl (C=O) groups excluding carboxylic acids is 3. The van der Waals surface area contributed by atoms with Crippen molar-refractivity contribution in [3.63, 3.8) is 0 Å². The first kappa shape index (κ1) is 30.8. The van der Waals surface area contributed by atoms with Crippen LogP contribution in [0.3, 0.4) is 0 Å². The minimum Gasteiger partial charge on any atom is -0.359 e. The number of anilines is 4. The molecule has 0 fully saturated rings. The fraction of sp³-hybridized carbons (Fsp3) is 0.310. The molecule has 9 nitrogen and oxygen atoms in total. The van der Waals surface area contributed by atoms with E-state index >= 15 is 0 Å². The highest BCUT2D eigenvalue weighted by molar-refractivity contribution is 6.08. The van der Waals surface area contributed by atoms with Crippen molar-refractivity contribution >= 4 is 41.1 Å². The van der Waals surface area contributed by atoms with E-state index < -0.39 is 17.3 Å². The number of halogens is 1. The van der Waals surface area contributed by atoms with Crippen molar-refractivity contribution in [3.05, 3.63) is 80.9 Å². The van der Waals surface area contributed by atoms with Crippen LogP contribution in [0.4, 0.5) is 27.3 Å². The summed E-state index contributed by atoms with van der Waals surface area (Å²) in [6.07, 6.45) is 1.20. The number of aryl methyl sites for hydroxylation is 2. The minimum absolute atomic E-state index is 0.00932. The minimum atomic E-state index is -0.577. The van der Waals surface area contributed by atoms with E-state index in [1.807, 2.05) is 19.9 Å². The van der Waals surface area contributed by atoms with Crippen LogP contribution >= 0.6 is 0 Å². The van der Waals surface area contributed by atoms with Gasteiger partial charge in [-0.1, -0.05) is 32.0 Å². The molecule has 2 aromatic carbocycles. The van der Waals surface area contributed by atoms with Gasteiger partial charge in [-0.2, -0.15) is 0 Å². The summed E-state index contributed by atoms with van der Waals surface area (Å²) in [5.41, 5.74) is 1.69. The van der Waals surface area contributed by atoms with Crippen LogP contribution in [0.15, 0.2) is 47.3 Å². The van der Waals surface area contributed by atoms with Gasteiger partial charge in [0.15, 0.2) is 0 Å². The second-order valence-corrected chi connectivity index (χ2v) is 8.57. The standard InChI is InChI=1S/C27H30FN5O4.C2H6/c1-16-9-11-21(20(28)13-16)31-25-23(26(36)30-4)24(17(2)27(37)32(25)5)33(15-34)19-8-6-7-18(14-19)10-12-22(35)29-3;1-2/h6-9,11,13-15,31H,10,12H2,1-5H3,(H,29,35)(H,30,36);1-2H3. The monoisotopic (exact) mass is 537 g/mol. The Labute approximate surface area is 228 Å². The van der Waals surface area contributed by atoms with Gasteiger partial charge in [0.1, 0.15) is 17.2 Å². The lowest BCUT2D eigenvalue weighted by Gasteiger charge is -2.26. The smallest absolute Gasteiger partial charge is 0.256 e. The Morgan fingerprint density at radius 3 is 2.33 bits per heavy atom. The molecule has 0 saturated heterocycles. The Hall–Kier alpha value is -4.47. The van der Waals surface area contributed by atoms with Gasteiger partial charge in [-0.3, -0.25) is 28.6 Å². The largest absolute Gasteiger partial charge is 0.359 e. The number of hydrogen-bond donors (Lipinski definition) is 3. The fourth-order valence-corrected chi connectivity index (χ4v) is 4.05. The highest BCUT2D eigenvalue weighted by Crippen LogP contribution is 2.35. The van der Waals surface area contributed by atoms with Crippen LogP contribution in [0.1, 0.15) is 47.3 Å². The first-order chi connectivity index (χ1) is 18.6. The zero-order valence-corrected chi connectivity index (χ0v) is 23.4. The molecule has 3 rings (SSSR count). The highest BCUT2D eigenvalue weighted by atomic mass is 19.1. The molecule has 3 N–H and O–H groups in total. The summed E-state index contributed by atoms with van der Waals surface area (Å²) in [4.78, 5) is 51.8. The van der Waals surface area contributed by atoms with Crippen molar-refractivity contribution in [1.82, 2.24) is 15.2 Å². The molecule has 0 radical (unpaired) electrons. The second kappa shape index (κ2) is 13.9. The number of carbonyl (C=O) groups is 3. The van der Waals surface area contributed by atoms with Gasteiger partial charge >= 0.3 is 0 Å². The van der Waals surface area contributed by atoms with Crippen LogP contribution in [-0.2, 0) is 23.1 Å². The molecule has 3 aromatic rings. The van der Waals surface area contributed by atoms with Crippen molar-refractivity contribution < 1.29 is 18.8 Å². The zero-order valence-electron chi connectivity index (χ0n) is 23.4. The lowest BCUT2D eigenvalue weighted by Crippen LogP contribution is -2.33. The third kappa shape index (κ3) is 6.90. The Bertz CT molecular complexity index is 1420. The van der Waals surface area contributed by atoms with Gasteiger partial charge < -0.3 is 16.0 Å². The number of nitrogens with one attached hydrogen (secondary N) is 3. The van der Waals surface area contributed by atoms with Gasteiger partial charge in [-0.05, 0) is 55.7 Å². The number of hydrogen-bond acceptors (Lipinski definition) is 5. The lowest BCUT2D eigenvalue weighted by atomic mass is 10.0. The molecule has 208 valence electrons. The van der Waals surface area contributed by atoms with Crippen LogP contribution in [0.5, 0.6) is 0 Å². The first-order valence-electron chi connectivity index (χ1n) is 12.7. The van der Waals surface area contributed by atoms with Crippen molar-refractivity contribution in [1.29, 1.82) is 0 Å². The van der Waals surface area contributed by atoms with E-state index in [4.69, 9.17) is 0 Å². The van der Waals surface area contributed by atoms with Gasteiger partial charge in [0.25, 0.3) is 11.5 Å². The number of pyridine rings is 1. The summed E-state index contributed by atoms with van der Waals surface area (Å²) in [5.74, 6) is -1.24. The molecular formula is C29H36FN5O4. The van der Waals surface area contributed by atoms with Crippen LogP contribution in [0, 0.1) is 19.7 Å². The van der Waals surface area contributed by atoms with Crippen LogP contribution in [-0.4, -0.2) is 36.9 Å². The molecule has 1 heterocycles. The van der Waals surface area contributed by atoms with Crippen molar-refractivity contribution in [2.24, 2.45) is 7.05 Å². The molecule has 0 aliphatic carbocycles. The topological polar surface area (TPSA) is 113 Å². The molecule has 0 unspecified atom stereocenters. The summed E-state index contributed by atoms with van der Waals surface area (Å²) >= 11 is 0. The van der Waals surface area contributed by atoms with E-state index in [2.05, 4.69) is 16.0 Å². The molecule has 0 aliphatic heterocycles. The summed E-state index contributed by atoms with van der Waals surface area (Å²) in [7, 11) is 4.44. The van der Waals surface area contributed by atoms with Crippen molar-refractivity contribution in [3.8, 4) is 0 Å². The molecule has 0 bridgehead atoms. The quantitative estimate of drug-likeness (QED) is 0.354. The molecule has 0 atom stereocenters. The molecule has 3 amide bonds. The molecule has 0 saturated carbocycles. The van der Waals surface area contributed by atoms with E-state index in [9.17, 15) is 23.6 Å². The maximum Gasteiger partial charge on any atom is 0.256 e. The Balaban J connectivity index is 0.00000260. The van der Waals surface area contributed by atoms with Crippen molar-refractivity contribution in [2.45, 2.75) is 40.5 Å². The number of nitrogens with zero attached hydrogens (tertiary/aromatic N) is 2. The molecule has 39 heavy (non-hydrogen) atoms. The van der Waals surface area contributed by atoms with Crippen LogP contribution in [0.25, 0.3) is 0 Å². The zero-order chi connectivity index (χ0) is 29.3. The molecule has 0 aliphatic rings. The highest BCUT2D eigenvalue weighted by Gasteiger charge is 2.28. The maximum absolute atomic E-state index is 14.7. The summed E-state index contributed by atoms with van der Waals surface area (Å²) < 4.78 is 15.9.